The molecule has 3 atom stereocenters. The van der Waals surface area contributed by atoms with E-state index in [1.165, 1.54) is 57.5 Å². The van der Waals surface area contributed by atoms with E-state index < -0.39 is 41.8 Å². The van der Waals surface area contributed by atoms with Crippen molar-refractivity contribution in [2.24, 2.45) is 7.05 Å². The van der Waals surface area contributed by atoms with Gasteiger partial charge in [-0.3, -0.25) is 24.0 Å². The number of hydrogen-bond acceptors (Lipinski definition) is 9. The van der Waals surface area contributed by atoms with E-state index in [1.807, 2.05) is 60.7 Å². The summed E-state index contributed by atoms with van der Waals surface area (Å²) in [6.45, 7) is 1.33. The average molecular weight is 696 g/mol. The molecule has 0 fully saturated rings. The van der Waals surface area contributed by atoms with E-state index in [9.17, 15) is 24.0 Å². The summed E-state index contributed by atoms with van der Waals surface area (Å²) in [5.41, 5.74) is 1.92. The molecule has 12 nitrogen and oxygen atoms in total. The Hall–Kier alpha value is -5.47. The Morgan fingerprint density at radius 1 is 0.816 bits per heavy atom. The standard InChI is InChI=1S/C35H33N7O5S2/c1-21-33-39-27(19-48-33)31(45)37-25(15-22-9-5-3-6-10-22)34-40-28(20-49-34)32(46)38-26(23-11-7-4-8-12-23)17-42(18-29(43)36-21)35(47)24-13-14-30(44)41(2)16-24/h3-14,16,19-21,25-26H,15,17-18H2,1-2H3,(H,36,43)(H,37,45)(H,38,46)/t21-,25+,26-/m0/s1. The van der Waals surface area contributed by atoms with Gasteiger partial charge in [0.05, 0.1) is 30.2 Å². The van der Waals surface area contributed by atoms with Crippen LogP contribution in [-0.2, 0) is 18.3 Å². The first-order valence-electron chi connectivity index (χ1n) is 15.5. The van der Waals surface area contributed by atoms with Gasteiger partial charge in [0.25, 0.3) is 17.7 Å². The van der Waals surface area contributed by atoms with Crippen LogP contribution in [0.4, 0.5) is 0 Å². The second-order valence-electron chi connectivity index (χ2n) is 11.6. The molecule has 0 spiro atoms. The van der Waals surface area contributed by atoms with Gasteiger partial charge in [-0.1, -0.05) is 60.7 Å². The minimum absolute atomic E-state index is 0.0652. The summed E-state index contributed by atoms with van der Waals surface area (Å²) in [5.74, 6) is -1.88. The molecular formula is C35H33N7O5S2. The molecule has 49 heavy (non-hydrogen) atoms. The minimum atomic E-state index is -0.735. The van der Waals surface area contributed by atoms with Crippen molar-refractivity contribution in [2.75, 3.05) is 13.1 Å². The van der Waals surface area contributed by atoms with Crippen LogP contribution in [-0.4, -0.2) is 56.2 Å². The third-order valence-electron chi connectivity index (χ3n) is 8.01. The highest BCUT2D eigenvalue weighted by Crippen LogP contribution is 2.25. The van der Waals surface area contributed by atoms with E-state index >= 15 is 0 Å². The maximum absolute atomic E-state index is 14.0. The normalized spacial score (nSPS) is 18.9. The number of nitrogens with one attached hydrogen (secondary N) is 3. The largest absolute Gasteiger partial charge is 0.346 e. The smallest absolute Gasteiger partial charge is 0.271 e. The highest BCUT2D eigenvalue weighted by molar-refractivity contribution is 7.10. The third kappa shape index (κ3) is 7.99. The van der Waals surface area contributed by atoms with Crippen molar-refractivity contribution in [3.05, 3.63) is 138 Å². The summed E-state index contributed by atoms with van der Waals surface area (Å²) in [5, 5.41) is 13.3. The van der Waals surface area contributed by atoms with E-state index in [2.05, 4.69) is 25.9 Å². The van der Waals surface area contributed by atoms with Crippen molar-refractivity contribution in [2.45, 2.75) is 31.5 Å². The lowest BCUT2D eigenvalue weighted by atomic mass is 10.1. The summed E-state index contributed by atoms with van der Waals surface area (Å²) < 4.78 is 1.29. The van der Waals surface area contributed by atoms with Crippen molar-refractivity contribution in [1.29, 1.82) is 0 Å². The zero-order chi connectivity index (χ0) is 34.5. The summed E-state index contributed by atoms with van der Waals surface area (Å²) >= 11 is 2.49. The molecule has 3 N–H and O–H groups in total. The Bertz CT molecular complexity index is 2040. The van der Waals surface area contributed by atoms with E-state index in [4.69, 9.17) is 0 Å². The summed E-state index contributed by atoms with van der Waals surface area (Å²) in [4.78, 5) is 77.2. The van der Waals surface area contributed by atoms with Crippen LogP contribution in [0.5, 0.6) is 0 Å². The molecule has 0 radical (unpaired) electrons. The number of benzene rings is 2. The number of hydrogen-bond donors (Lipinski definition) is 3. The lowest BCUT2D eigenvalue weighted by Gasteiger charge is -2.29. The number of thiazole rings is 2. The van der Waals surface area contributed by atoms with Gasteiger partial charge >= 0.3 is 0 Å². The van der Waals surface area contributed by atoms with Crippen molar-refractivity contribution in [1.82, 2.24) is 35.4 Å². The number of amides is 4. The first-order valence-corrected chi connectivity index (χ1v) is 17.3. The zero-order valence-electron chi connectivity index (χ0n) is 26.7. The molecule has 14 heteroatoms. The van der Waals surface area contributed by atoms with Crippen LogP contribution < -0.4 is 21.5 Å². The van der Waals surface area contributed by atoms with Crippen molar-refractivity contribution >= 4 is 46.3 Å². The third-order valence-corrected chi connectivity index (χ3v) is 9.99. The summed E-state index contributed by atoms with van der Waals surface area (Å²) in [6.07, 6.45) is 1.84. The number of carbonyl (C=O) groups is 4. The zero-order valence-corrected chi connectivity index (χ0v) is 28.3. The van der Waals surface area contributed by atoms with E-state index in [0.717, 1.165) is 5.56 Å². The van der Waals surface area contributed by atoms with Crippen molar-refractivity contribution < 1.29 is 19.2 Å². The second kappa shape index (κ2) is 14.7. The molecule has 5 aromatic rings. The Kier molecular flexibility index (Phi) is 10.1. The predicted molar refractivity (Wildman–Crippen MR) is 185 cm³/mol. The first-order chi connectivity index (χ1) is 23.6. The quantitative estimate of drug-likeness (QED) is 0.258. The fraction of sp³-hybridized carbons (Fsp3) is 0.229. The number of aryl methyl sites for hydroxylation is 1. The molecule has 0 saturated carbocycles. The van der Waals surface area contributed by atoms with Crippen LogP contribution in [0.1, 0.15) is 77.5 Å². The summed E-state index contributed by atoms with van der Waals surface area (Å²) in [7, 11) is 1.54. The SMILES string of the molecule is C[C@@H]1NC(=O)CN(C(=O)c2ccc(=O)n(C)c2)C[C@@H](c2ccccc2)NC(=O)c2csc(n2)[C@@H](Cc2ccccc2)NC(=O)c2csc1n2. The second-order valence-corrected chi connectivity index (χ2v) is 13.4. The lowest BCUT2D eigenvalue weighted by molar-refractivity contribution is -0.122. The number of pyridine rings is 1. The van der Waals surface area contributed by atoms with Crippen LogP contribution in [0.3, 0.4) is 0 Å². The van der Waals surface area contributed by atoms with E-state index in [0.29, 0.717) is 22.0 Å². The van der Waals surface area contributed by atoms with Gasteiger partial charge in [0.1, 0.15) is 21.4 Å². The average Bonchev–Trinajstić information content (AvgIpc) is 3.80. The Morgan fingerprint density at radius 2 is 1.45 bits per heavy atom. The molecule has 1 aliphatic heterocycles. The monoisotopic (exact) mass is 695 g/mol. The Morgan fingerprint density at radius 3 is 2.14 bits per heavy atom. The van der Waals surface area contributed by atoms with Gasteiger partial charge in [-0.05, 0) is 30.5 Å². The van der Waals surface area contributed by atoms with Gasteiger partial charge in [0.2, 0.25) is 11.5 Å². The highest BCUT2D eigenvalue weighted by Gasteiger charge is 2.29. The number of nitrogens with zero attached hydrogens (tertiary/aromatic N) is 4. The molecule has 2 aromatic carbocycles. The topological polar surface area (TPSA) is 155 Å². The molecule has 1 aliphatic rings. The molecule has 0 aliphatic carbocycles. The highest BCUT2D eigenvalue weighted by atomic mass is 32.1. The molecular weight excluding hydrogens is 663 g/mol. The van der Waals surface area contributed by atoms with Gasteiger partial charge in [0, 0.05) is 36.6 Å². The first kappa shape index (κ1) is 33.4. The van der Waals surface area contributed by atoms with Crippen molar-refractivity contribution in [3.8, 4) is 0 Å². The molecule has 4 amide bonds. The van der Waals surface area contributed by atoms with Gasteiger partial charge in [-0.2, -0.15) is 0 Å². The number of carbonyl (C=O) groups excluding carboxylic acids is 4. The fourth-order valence-electron chi connectivity index (χ4n) is 5.44. The maximum atomic E-state index is 14.0. The molecule has 4 heterocycles. The molecule has 250 valence electrons. The van der Waals surface area contributed by atoms with Crippen LogP contribution >= 0.6 is 22.7 Å². The van der Waals surface area contributed by atoms with Gasteiger partial charge in [-0.25, -0.2) is 9.97 Å². The van der Waals surface area contributed by atoms with Crippen LogP contribution in [0.25, 0.3) is 0 Å². The molecule has 6 rings (SSSR count). The predicted octanol–water partition coefficient (Wildman–Crippen LogP) is 3.82. The van der Waals surface area contributed by atoms with Gasteiger partial charge in [-0.15, -0.1) is 22.7 Å². The molecule has 3 aromatic heterocycles. The molecule has 0 unspecified atom stereocenters. The number of rotatable bonds is 4. The van der Waals surface area contributed by atoms with Crippen LogP contribution in [0.15, 0.2) is 94.5 Å². The molecule has 0 saturated heterocycles. The van der Waals surface area contributed by atoms with Crippen LogP contribution in [0, 0.1) is 0 Å². The summed E-state index contributed by atoms with van der Waals surface area (Å²) in [6, 6.07) is 19.6. The maximum Gasteiger partial charge on any atom is 0.271 e. The number of aromatic nitrogens is 3. The van der Waals surface area contributed by atoms with Crippen LogP contribution in [0.2, 0.25) is 0 Å². The van der Waals surface area contributed by atoms with Gasteiger partial charge in [0.15, 0.2) is 0 Å². The Labute approximate surface area is 289 Å². The lowest BCUT2D eigenvalue weighted by Crippen LogP contribution is -2.46. The molecule has 4 bridgehead atoms. The van der Waals surface area contributed by atoms with Crippen molar-refractivity contribution in [3.63, 3.8) is 0 Å². The van der Waals surface area contributed by atoms with E-state index in [1.54, 1.807) is 17.7 Å². The van der Waals surface area contributed by atoms with Gasteiger partial charge < -0.3 is 25.4 Å². The Balaban J connectivity index is 1.39. The van der Waals surface area contributed by atoms with E-state index in [-0.39, 0.29) is 35.6 Å². The minimum Gasteiger partial charge on any atom is -0.346 e. The fourth-order valence-corrected chi connectivity index (χ4v) is 7.10. The number of fused-ring (bicyclic) bond motifs is 4.